The van der Waals surface area contributed by atoms with E-state index >= 15 is 0 Å². The molecule has 0 bridgehead atoms. The van der Waals surface area contributed by atoms with Crippen LogP contribution in [0.1, 0.15) is 18.4 Å². The largest absolute Gasteiger partial charge is 0.376 e. The Bertz CT molecular complexity index is 687. The van der Waals surface area contributed by atoms with Gasteiger partial charge in [0.05, 0.1) is 23.0 Å². The Kier molecular flexibility index (Phi) is 4.44. The summed E-state index contributed by atoms with van der Waals surface area (Å²) in [6.45, 7) is 2.66. The Labute approximate surface area is 136 Å². The predicted octanol–water partition coefficient (Wildman–Crippen LogP) is 0.909. The highest BCUT2D eigenvalue weighted by atomic mass is 32.2. The molecule has 1 N–H and O–H groups in total. The molecule has 0 unspecified atom stereocenters. The van der Waals surface area contributed by atoms with Crippen molar-refractivity contribution in [2.45, 2.75) is 36.8 Å². The van der Waals surface area contributed by atoms with Gasteiger partial charge in [0.15, 0.2) is 0 Å². The first-order valence-electron chi connectivity index (χ1n) is 7.85. The summed E-state index contributed by atoms with van der Waals surface area (Å²) in [5.74, 6) is -0.511. The first-order chi connectivity index (χ1) is 10.9. The van der Waals surface area contributed by atoms with E-state index < -0.39 is 10.0 Å². The van der Waals surface area contributed by atoms with Crippen molar-refractivity contribution in [2.75, 3.05) is 20.2 Å². The van der Waals surface area contributed by atoms with Crippen LogP contribution in [0.25, 0.3) is 0 Å². The monoisotopic (exact) mass is 338 g/mol. The number of carbonyl (C=O) groups excluding carboxylic acids is 1. The highest BCUT2D eigenvalue weighted by molar-refractivity contribution is 7.89. The minimum atomic E-state index is -3.63. The van der Waals surface area contributed by atoms with Crippen LogP contribution in [0.3, 0.4) is 0 Å². The second-order valence-electron chi connectivity index (χ2n) is 6.20. The molecule has 6 nitrogen and oxygen atoms in total. The maximum Gasteiger partial charge on any atom is 0.243 e. The molecule has 0 aliphatic carbocycles. The Morgan fingerprint density at radius 2 is 2.00 bits per heavy atom. The number of nitrogens with zero attached hydrogens (tertiary/aromatic N) is 1. The molecule has 2 aliphatic rings. The third-order valence-corrected chi connectivity index (χ3v) is 6.61. The van der Waals surface area contributed by atoms with Crippen molar-refractivity contribution in [1.82, 2.24) is 9.62 Å². The molecular weight excluding hydrogens is 316 g/mol. The zero-order chi connectivity index (χ0) is 16.6. The predicted molar refractivity (Wildman–Crippen MR) is 85.4 cm³/mol. The number of rotatable bonds is 3. The van der Waals surface area contributed by atoms with Crippen molar-refractivity contribution in [3.8, 4) is 0 Å². The number of nitrogens with one attached hydrogen (secondary N) is 1. The highest BCUT2D eigenvalue weighted by Gasteiger charge is 2.47. The van der Waals surface area contributed by atoms with E-state index in [1.807, 2.05) is 6.92 Å². The molecule has 2 saturated heterocycles. The summed E-state index contributed by atoms with van der Waals surface area (Å²) in [6, 6.07) is 6.64. The minimum absolute atomic E-state index is 0.136. The molecule has 7 heteroatoms. The van der Waals surface area contributed by atoms with Crippen LogP contribution >= 0.6 is 0 Å². The number of piperidine rings is 1. The van der Waals surface area contributed by atoms with Crippen LogP contribution in [-0.4, -0.2) is 51.0 Å². The van der Waals surface area contributed by atoms with E-state index in [1.54, 1.807) is 31.3 Å². The number of carbonyl (C=O) groups is 1. The van der Waals surface area contributed by atoms with Gasteiger partial charge in [-0.3, -0.25) is 4.79 Å². The molecule has 2 heterocycles. The van der Waals surface area contributed by atoms with Crippen LogP contribution in [0.4, 0.5) is 0 Å². The van der Waals surface area contributed by atoms with Gasteiger partial charge < -0.3 is 10.1 Å². The number of amides is 1. The van der Waals surface area contributed by atoms with E-state index in [0.717, 1.165) is 5.56 Å². The number of hydrogen-bond donors (Lipinski definition) is 1. The summed E-state index contributed by atoms with van der Waals surface area (Å²) >= 11 is 0. The minimum Gasteiger partial charge on any atom is -0.376 e. The van der Waals surface area contributed by atoms with Gasteiger partial charge >= 0.3 is 0 Å². The Morgan fingerprint density at radius 1 is 1.30 bits per heavy atom. The second kappa shape index (κ2) is 6.22. The van der Waals surface area contributed by atoms with Crippen LogP contribution in [0.5, 0.6) is 0 Å². The van der Waals surface area contributed by atoms with Gasteiger partial charge in [-0.05, 0) is 31.9 Å². The van der Waals surface area contributed by atoms with E-state index in [9.17, 15) is 13.2 Å². The van der Waals surface area contributed by atoms with Gasteiger partial charge in [-0.1, -0.05) is 17.7 Å². The van der Waals surface area contributed by atoms with Gasteiger partial charge in [-0.15, -0.1) is 0 Å². The number of hydrogen-bond acceptors (Lipinski definition) is 4. The third-order valence-electron chi connectivity index (χ3n) is 4.71. The standard InChI is InChI=1S/C16H22N2O4S/c1-11-3-5-13(6-4-11)23(20,21)18-10-12(16(19)17-2)9-15-14(18)7-8-22-15/h3-6,12,14-15H,7-10H2,1-2H3,(H,17,19)/t12-,14+,15+/m1/s1. The van der Waals surface area contributed by atoms with Crippen molar-refractivity contribution in [1.29, 1.82) is 0 Å². The number of fused-ring (bicyclic) bond motifs is 1. The molecule has 1 aromatic rings. The lowest BCUT2D eigenvalue weighted by molar-refractivity contribution is -0.127. The van der Waals surface area contributed by atoms with Crippen LogP contribution < -0.4 is 5.32 Å². The third kappa shape index (κ3) is 3.00. The van der Waals surface area contributed by atoms with E-state index in [4.69, 9.17) is 4.74 Å². The summed E-state index contributed by atoms with van der Waals surface area (Å²) < 4.78 is 33.2. The van der Waals surface area contributed by atoms with Crippen LogP contribution in [-0.2, 0) is 19.6 Å². The number of aryl methyl sites for hydroxylation is 1. The lowest BCUT2D eigenvalue weighted by Crippen LogP contribution is -2.54. The first-order valence-corrected chi connectivity index (χ1v) is 9.29. The normalized spacial score (nSPS) is 28.3. The summed E-state index contributed by atoms with van der Waals surface area (Å²) in [6.07, 6.45) is 1.05. The SMILES string of the molecule is CNC(=O)[C@@H]1C[C@@H]2OCC[C@@H]2N(S(=O)(=O)c2ccc(C)cc2)C1. The van der Waals surface area contributed by atoms with E-state index in [0.29, 0.717) is 19.4 Å². The van der Waals surface area contributed by atoms with Gasteiger partial charge in [-0.25, -0.2) is 8.42 Å². The molecular formula is C16H22N2O4S. The molecule has 3 rings (SSSR count). The molecule has 3 atom stereocenters. The smallest absolute Gasteiger partial charge is 0.243 e. The second-order valence-corrected chi connectivity index (χ2v) is 8.09. The van der Waals surface area contributed by atoms with Gasteiger partial charge in [-0.2, -0.15) is 4.31 Å². The fraction of sp³-hybridized carbons (Fsp3) is 0.562. The Hall–Kier alpha value is -1.44. The highest BCUT2D eigenvalue weighted by Crippen LogP contribution is 2.35. The Morgan fingerprint density at radius 3 is 2.65 bits per heavy atom. The maximum atomic E-state index is 13.0. The van der Waals surface area contributed by atoms with Crippen molar-refractivity contribution < 1.29 is 17.9 Å². The molecule has 0 spiro atoms. The number of benzene rings is 1. The zero-order valence-electron chi connectivity index (χ0n) is 13.4. The van der Waals surface area contributed by atoms with Crippen LogP contribution in [0.15, 0.2) is 29.2 Å². The average molecular weight is 338 g/mol. The van der Waals surface area contributed by atoms with E-state index in [-0.39, 0.29) is 35.4 Å². The summed E-state index contributed by atoms with van der Waals surface area (Å²) in [7, 11) is -2.06. The topological polar surface area (TPSA) is 75.7 Å². The molecule has 0 aromatic heterocycles. The van der Waals surface area contributed by atoms with Crippen molar-refractivity contribution in [3.05, 3.63) is 29.8 Å². The van der Waals surface area contributed by atoms with Gasteiger partial charge in [0, 0.05) is 20.2 Å². The lowest BCUT2D eigenvalue weighted by Gasteiger charge is -2.39. The van der Waals surface area contributed by atoms with Crippen LogP contribution in [0, 0.1) is 12.8 Å². The molecule has 2 aliphatic heterocycles. The number of sulfonamides is 1. The van der Waals surface area contributed by atoms with Crippen LogP contribution in [0.2, 0.25) is 0 Å². The van der Waals surface area contributed by atoms with Crippen molar-refractivity contribution >= 4 is 15.9 Å². The molecule has 126 valence electrons. The first kappa shape index (κ1) is 16.4. The van der Waals surface area contributed by atoms with Gasteiger partial charge in [0.25, 0.3) is 0 Å². The quantitative estimate of drug-likeness (QED) is 0.889. The lowest BCUT2D eigenvalue weighted by atomic mass is 9.91. The summed E-state index contributed by atoms with van der Waals surface area (Å²) in [5, 5.41) is 2.62. The molecule has 2 fully saturated rings. The average Bonchev–Trinajstić information content (AvgIpc) is 3.01. The van der Waals surface area contributed by atoms with E-state index in [1.165, 1.54) is 4.31 Å². The van der Waals surface area contributed by atoms with Gasteiger partial charge in [0.1, 0.15) is 0 Å². The maximum absolute atomic E-state index is 13.0. The fourth-order valence-corrected chi connectivity index (χ4v) is 5.14. The van der Waals surface area contributed by atoms with Gasteiger partial charge in [0.2, 0.25) is 15.9 Å². The zero-order valence-corrected chi connectivity index (χ0v) is 14.2. The molecule has 0 radical (unpaired) electrons. The van der Waals surface area contributed by atoms with E-state index in [2.05, 4.69) is 5.32 Å². The fourth-order valence-electron chi connectivity index (χ4n) is 3.42. The number of ether oxygens (including phenoxy) is 1. The van der Waals surface area contributed by atoms with Crippen molar-refractivity contribution in [3.63, 3.8) is 0 Å². The molecule has 1 aromatic carbocycles. The summed E-state index contributed by atoms with van der Waals surface area (Å²) in [5.41, 5.74) is 1.01. The summed E-state index contributed by atoms with van der Waals surface area (Å²) in [4.78, 5) is 12.3. The molecule has 0 saturated carbocycles. The molecule has 1 amide bonds. The van der Waals surface area contributed by atoms with Crippen molar-refractivity contribution in [2.24, 2.45) is 5.92 Å². The Balaban J connectivity index is 1.94. The molecule has 23 heavy (non-hydrogen) atoms.